The first-order chi connectivity index (χ1) is 4.18. The molecule has 0 N–H and O–H groups in total. The van der Waals surface area contributed by atoms with Crippen LogP contribution in [-0.4, -0.2) is 10.1 Å². The third kappa shape index (κ3) is 4.91. The fraction of sp³-hybridized carbons (Fsp3) is 0.833. The molecular formula is C6H10BrClO. The molecule has 0 spiro atoms. The highest BCUT2D eigenvalue weighted by Gasteiger charge is 2.09. The molecular weight excluding hydrogens is 203 g/mol. The number of hydrogen-bond acceptors (Lipinski definition) is 1. The summed E-state index contributed by atoms with van der Waals surface area (Å²) in [6, 6.07) is 0. The van der Waals surface area contributed by atoms with Gasteiger partial charge in [-0.3, -0.25) is 4.79 Å². The Morgan fingerprint density at radius 3 is 2.67 bits per heavy atom. The van der Waals surface area contributed by atoms with Crippen LogP contribution in [0.3, 0.4) is 0 Å². The molecule has 0 radical (unpaired) electrons. The van der Waals surface area contributed by atoms with Crippen molar-refractivity contribution in [2.75, 3.05) is 0 Å². The fourth-order valence-corrected chi connectivity index (χ4v) is 0.880. The maximum atomic E-state index is 10.4. The van der Waals surface area contributed by atoms with E-state index < -0.39 is 0 Å². The van der Waals surface area contributed by atoms with Crippen molar-refractivity contribution in [3.05, 3.63) is 0 Å². The first-order valence-corrected chi connectivity index (χ1v) is 4.24. The predicted molar refractivity (Wildman–Crippen MR) is 43.1 cm³/mol. The molecule has 0 aromatic rings. The summed E-state index contributed by atoms with van der Waals surface area (Å²) in [4.78, 5) is 10.4. The lowest BCUT2D eigenvalue weighted by Crippen LogP contribution is -2.05. The van der Waals surface area contributed by atoms with Gasteiger partial charge in [0.15, 0.2) is 0 Å². The summed E-state index contributed by atoms with van der Waals surface area (Å²) in [7, 11) is 0. The highest BCUT2D eigenvalue weighted by Crippen LogP contribution is 2.10. The normalized spacial score (nSPS) is 13.2. The first-order valence-electron chi connectivity index (χ1n) is 3.02. The lowest BCUT2D eigenvalue weighted by molar-refractivity contribution is -0.110. The highest BCUT2D eigenvalue weighted by atomic mass is 79.9. The van der Waals surface area contributed by atoms with Crippen LogP contribution in [0.15, 0.2) is 0 Å². The van der Waals surface area contributed by atoms with E-state index in [2.05, 4.69) is 22.9 Å². The second-order valence-electron chi connectivity index (χ2n) is 1.91. The molecule has 0 aliphatic carbocycles. The minimum atomic E-state index is -0.329. The molecule has 0 amide bonds. The van der Waals surface area contributed by atoms with Gasteiger partial charge in [0.25, 0.3) is 0 Å². The lowest BCUT2D eigenvalue weighted by Gasteiger charge is -1.99. The molecule has 0 aliphatic rings. The van der Waals surface area contributed by atoms with Crippen molar-refractivity contribution in [3.8, 4) is 0 Å². The SMILES string of the molecule is CCCCC(Cl)C(=O)Br. The second-order valence-corrected chi connectivity index (χ2v) is 3.22. The van der Waals surface area contributed by atoms with Gasteiger partial charge in [-0.15, -0.1) is 11.6 Å². The number of carbonyl (C=O) groups excluding carboxylic acids is 1. The van der Waals surface area contributed by atoms with Gasteiger partial charge in [0, 0.05) is 0 Å². The van der Waals surface area contributed by atoms with E-state index in [1.165, 1.54) is 0 Å². The van der Waals surface area contributed by atoms with Crippen molar-refractivity contribution in [3.63, 3.8) is 0 Å². The Hall–Kier alpha value is 0.440. The van der Waals surface area contributed by atoms with Gasteiger partial charge in [0.2, 0.25) is 4.69 Å². The molecule has 0 aromatic heterocycles. The van der Waals surface area contributed by atoms with Gasteiger partial charge in [-0.1, -0.05) is 19.8 Å². The number of unbranched alkanes of at least 4 members (excludes halogenated alkanes) is 1. The zero-order valence-corrected chi connectivity index (χ0v) is 7.70. The molecule has 0 aliphatic heterocycles. The van der Waals surface area contributed by atoms with Crippen LogP contribution in [0.25, 0.3) is 0 Å². The largest absolute Gasteiger partial charge is 0.285 e. The van der Waals surface area contributed by atoms with Crippen molar-refractivity contribution in [1.29, 1.82) is 0 Å². The average Bonchev–Trinajstić information content (AvgIpc) is 1.82. The minimum Gasteiger partial charge on any atom is -0.285 e. The number of alkyl halides is 1. The number of halogens is 2. The Kier molecular flexibility index (Phi) is 5.50. The van der Waals surface area contributed by atoms with Gasteiger partial charge < -0.3 is 0 Å². The maximum absolute atomic E-state index is 10.4. The monoisotopic (exact) mass is 212 g/mol. The van der Waals surface area contributed by atoms with Crippen LogP contribution >= 0.6 is 27.5 Å². The van der Waals surface area contributed by atoms with Crippen molar-refractivity contribution >= 4 is 32.2 Å². The summed E-state index contributed by atoms with van der Waals surface area (Å²) in [5.41, 5.74) is 0. The molecule has 1 atom stereocenters. The Balaban J connectivity index is 3.27. The van der Waals surface area contributed by atoms with E-state index in [-0.39, 0.29) is 10.1 Å². The van der Waals surface area contributed by atoms with Gasteiger partial charge in [-0.25, -0.2) is 0 Å². The van der Waals surface area contributed by atoms with E-state index in [0.717, 1.165) is 19.3 Å². The molecule has 0 bridgehead atoms. The molecule has 0 saturated carbocycles. The quantitative estimate of drug-likeness (QED) is 0.518. The summed E-state index contributed by atoms with van der Waals surface area (Å²) in [5, 5.41) is -0.329. The van der Waals surface area contributed by atoms with Gasteiger partial charge in [0.1, 0.15) is 5.38 Å². The van der Waals surface area contributed by atoms with Crippen LogP contribution in [0.1, 0.15) is 26.2 Å². The first kappa shape index (κ1) is 9.44. The summed E-state index contributed by atoms with van der Waals surface area (Å²) in [6.45, 7) is 2.07. The topological polar surface area (TPSA) is 17.1 Å². The van der Waals surface area contributed by atoms with Gasteiger partial charge in [0.05, 0.1) is 0 Å². The average molecular weight is 214 g/mol. The van der Waals surface area contributed by atoms with E-state index in [1.54, 1.807) is 0 Å². The second kappa shape index (κ2) is 5.24. The summed E-state index contributed by atoms with van der Waals surface area (Å²) >= 11 is 8.40. The molecule has 1 unspecified atom stereocenters. The highest BCUT2D eigenvalue weighted by molar-refractivity contribution is 9.18. The number of carbonyl (C=O) groups is 1. The molecule has 0 aromatic carbocycles. The Morgan fingerprint density at radius 1 is 1.78 bits per heavy atom. The molecule has 0 fully saturated rings. The van der Waals surface area contributed by atoms with E-state index >= 15 is 0 Å². The smallest absolute Gasteiger partial charge is 0.215 e. The van der Waals surface area contributed by atoms with E-state index in [9.17, 15) is 4.79 Å². The molecule has 0 saturated heterocycles. The third-order valence-electron chi connectivity index (χ3n) is 1.06. The van der Waals surface area contributed by atoms with Crippen molar-refractivity contribution in [1.82, 2.24) is 0 Å². The van der Waals surface area contributed by atoms with Crippen LogP contribution in [0, 0.1) is 0 Å². The predicted octanol–water partition coefficient (Wildman–Crippen LogP) is 2.71. The van der Waals surface area contributed by atoms with Gasteiger partial charge in [-0.05, 0) is 22.4 Å². The Labute approximate surface area is 68.9 Å². The van der Waals surface area contributed by atoms with Crippen LogP contribution in [0.4, 0.5) is 0 Å². The standard InChI is InChI=1S/C6H10BrClO/c1-2-3-4-5(8)6(7)9/h5H,2-4H2,1H3. The van der Waals surface area contributed by atoms with Crippen LogP contribution in [-0.2, 0) is 4.79 Å². The molecule has 54 valence electrons. The van der Waals surface area contributed by atoms with Gasteiger partial charge >= 0.3 is 0 Å². The summed E-state index contributed by atoms with van der Waals surface area (Å²) in [6.07, 6.45) is 2.89. The number of hydrogen-bond donors (Lipinski definition) is 0. The maximum Gasteiger partial charge on any atom is 0.215 e. The zero-order valence-electron chi connectivity index (χ0n) is 5.36. The van der Waals surface area contributed by atoms with Crippen molar-refractivity contribution < 1.29 is 4.79 Å². The van der Waals surface area contributed by atoms with Crippen LogP contribution < -0.4 is 0 Å². The minimum absolute atomic E-state index is 0.0994. The summed E-state index contributed by atoms with van der Waals surface area (Å²) < 4.78 is -0.0994. The lowest BCUT2D eigenvalue weighted by atomic mass is 10.2. The summed E-state index contributed by atoms with van der Waals surface area (Å²) in [5.74, 6) is 0. The Morgan fingerprint density at radius 2 is 2.33 bits per heavy atom. The van der Waals surface area contributed by atoms with E-state index in [0.29, 0.717) is 0 Å². The third-order valence-corrected chi connectivity index (χ3v) is 2.29. The van der Waals surface area contributed by atoms with Crippen LogP contribution in [0.2, 0.25) is 0 Å². The Bertz CT molecular complexity index is 95.1. The molecule has 0 heterocycles. The molecule has 9 heavy (non-hydrogen) atoms. The van der Waals surface area contributed by atoms with Gasteiger partial charge in [-0.2, -0.15) is 0 Å². The number of rotatable bonds is 4. The fourth-order valence-electron chi connectivity index (χ4n) is 0.497. The van der Waals surface area contributed by atoms with Crippen molar-refractivity contribution in [2.45, 2.75) is 31.6 Å². The molecule has 3 heteroatoms. The van der Waals surface area contributed by atoms with E-state index in [1.807, 2.05) is 0 Å². The van der Waals surface area contributed by atoms with E-state index in [4.69, 9.17) is 11.6 Å². The van der Waals surface area contributed by atoms with Crippen molar-refractivity contribution in [2.24, 2.45) is 0 Å². The molecule has 1 nitrogen and oxygen atoms in total. The molecule has 0 rings (SSSR count). The zero-order chi connectivity index (χ0) is 7.28. The van der Waals surface area contributed by atoms with Crippen LogP contribution in [0.5, 0.6) is 0 Å².